The van der Waals surface area contributed by atoms with Gasteiger partial charge < -0.3 is 5.32 Å². The van der Waals surface area contributed by atoms with Crippen molar-refractivity contribution < 1.29 is 0 Å². The fraction of sp³-hybridized carbons (Fsp3) is 0.412. The second kappa shape index (κ2) is 5.98. The molecular weight excluding hydrogens is 250 g/mol. The largest absolute Gasteiger partial charge is 0.316 e. The number of fused-ring (bicyclic) bond motifs is 1. The molecule has 19 heavy (non-hydrogen) atoms. The summed E-state index contributed by atoms with van der Waals surface area (Å²) in [5, 5.41) is 6.31. The first-order valence-electron chi connectivity index (χ1n) is 7.10. The van der Waals surface area contributed by atoms with Crippen molar-refractivity contribution in [1.29, 1.82) is 0 Å². The first kappa shape index (κ1) is 13.0. The smallest absolute Gasteiger partial charge is 0.0141 e. The Morgan fingerprint density at radius 1 is 1.21 bits per heavy atom. The molecule has 0 radical (unpaired) electrons. The van der Waals surface area contributed by atoms with Crippen LogP contribution in [0.15, 0.2) is 42.5 Å². The lowest BCUT2D eigenvalue weighted by molar-refractivity contribution is 0.405. The number of likely N-dealkylation sites (N-methyl/N-ethyl adjacent to an activating group) is 1. The Bertz CT molecular complexity index is 540. The fourth-order valence-corrected chi connectivity index (χ4v) is 4.42. The molecule has 0 saturated carbocycles. The lowest BCUT2D eigenvalue weighted by Gasteiger charge is -2.23. The average molecular weight is 271 g/mol. The Kier molecular flexibility index (Phi) is 4.09. The maximum Gasteiger partial charge on any atom is 0.0141 e. The maximum atomic E-state index is 3.54. The van der Waals surface area contributed by atoms with E-state index in [0.717, 1.165) is 12.3 Å². The Morgan fingerprint density at radius 2 is 2.05 bits per heavy atom. The van der Waals surface area contributed by atoms with Gasteiger partial charge in [-0.3, -0.25) is 0 Å². The third-order valence-electron chi connectivity index (χ3n) is 4.22. The molecule has 1 aliphatic heterocycles. The molecule has 0 aromatic heterocycles. The number of hydrogen-bond donors (Lipinski definition) is 1. The molecule has 0 amide bonds. The van der Waals surface area contributed by atoms with Crippen LogP contribution in [0.25, 0.3) is 10.8 Å². The van der Waals surface area contributed by atoms with E-state index in [2.05, 4.69) is 66.6 Å². The average Bonchev–Trinajstić information content (AvgIpc) is 2.99. The van der Waals surface area contributed by atoms with E-state index < -0.39 is 0 Å². The van der Waals surface area contributed by atoms with Gasteiger partial charge in [0, 0.05) is 6.04 Å². The molecule has 0 bridgehead atoms. The van der Waals surface area contributed by atoms with Gasteiger partial charge in [-0.15, -0.1) is 0 Å². The van der Waals surface area contributed by atoms with Gasteiger partial charge in [-0.25, -0.2) is 0 Å². The Morgan fingerprint density at radius 3 is 2.84 bits per heavy atom. The zero-order chi connectivity index (χ0) is 13.1. The van der Waals surface area contributed by atoms with E-state index in [1.807, 2.05) is 0 Å². The van der Waals surface area contributed by atoms with Crippen LogP contribution in [-0.4, -0.2) is 24.6 Å². The van der Waals surface area contributed by atoms with E-state index in [1.165, 1.54) is 34.3 Å². The molecule has 100 valence electrons. The van der Waals surface area contributed by atoms with Gasteiger partial charge >= 0.3 is 0 Å². The van der Waals surface area contributed by atoms with Crippen LogP contribution in [0.2, 0.25) is 0 Å². The molecule has 2 aromatic carbocycles. The quantitative estimate of drug-likeness (QED) is 0.909. The third kappa shape index (κ3) is 2.80. The van der Waals surface area contributed by atoms with Gasteiger partial charge in [-0.05, 0) is 53.6 Å². The van der Waals surface area contributed by atoms with Gasteiger partial charge in [-0.1, -0.05) is 42.5 Å². The van der Waals surface area contributed by atoms with Gasteiger partial charge in [-0.2, -0.15) is 11.8 Å². The highest BCUT2D eigenvalue weighted by molar-refractivity contribution is 7.99. The number of rotatable bonds is 4. The second-order valence-electron chi connectivity index (χ2n) is 5.36. The maximum absolute atomic E-state index is 3.54. The van der Waals surface area contributed by atoms with Crippen molar-refractivity contribution in [3.05, 3.63) is 48.0 Å². The summed E-state index contributed by atoms with van der Waals surface area (Å²) in [4.78, 5) is 0. The third-order valence-corrected chi connectivity index (χ3v) is 5.41. The second-order valence-corrected chi connectivity index (χ2v) is 6.51. The van der Waals surface area contributed by atoms with Gasteiger partial charge in [0.1, 0.15) is 0 Å². The number of nitrogens with one attached hydrogen (secondary N) is 1. The Hall–Kier alpha value is -0.990. The highest BCUT2D eigenvalue weighted by atomic mass is 32.2. The molecule has 2 atom stereocenters. The highest BCUT2D eigenvalue weighted by Gasteiger charge is 2.24. The van der Waals surface area contributed by atoms with Crippen LogP contribution in [0.4, 0.5) is 0 Å². The van der Waals surface area contributed by atoms with Crippen LogP contribution in [0.5, 0.6) is 0 Å². The van der Waals surface area contributed by atoms with Crippen molar-refractivity contribution in [2.24, 2.45) is 5.92 Å². The minimum Gasteiger partial charge on any atom is -0.316 e. The van der Waals surface area contributed by atoms with E-state index in [9.17, 15) is 0 Å². The first-order chi connectivity index (χ1) is 9.38. The summed E-state index contributed by atoms with van der Waals surface area (Å²) in [5.41, 5.74) is 1.48. The summed E-state index contributed by atoms with van der Waals surface area (Å²) in [6.07, 6.45) is 2.50. The molecule has 0 aliphatic carbocycles. The monoisotopic (exact) mass is 271 g/mol. The molecule has 2 unspecified atom stereocenters. The van der Waals surface area contributed by atoms with Crippen molar-refractivity contribution in [2.75, 3.05) is 18.6 Å². The SMILES string of the molecule is CNC(Cc1cccc2ccccc12)C1CCSC1. The Labute approximate surface area is 119 Å². The first-order valence-corrected chi connectivity index (χ1v) is 8.25. The molecule has 2 aromatic rings. The number of hydrogen-bond acceptors (Lipinski definition) is 2. The van der Waals surface area contributed by atoms with Crippen LogP contribution in [0.1, 0.15) is 12.0 Å². The van der Waals surface area contributed by atoms with Crippen LogP contribution in [0, 0.1) is 5.92 Å². The molecule has 0 spiro atoms. The van der Waals surface area contributed by atoms with E-state index in [1.54, 1.807) is 0 Å². The minimum atomic E-state index is 0.612. The predicted molar refractivity (Wildman–Crippen MR) is 85.9 cm³/mol. The van der Waals surface area contributed by atoms with Gasteiger partial charge in [0.25, 0.3) is 0 Å². The molecular formula is C17H21NS. The standard InChI is InChI=1S/C17H21NS/c1-18-17(15-9-10-19-12-15)11-14-7-4-6-13-5-2-3-8-16(13)14/h2-8,15,17-18H,9-12H2,1H3. The van der Waals surface area contributed by atoms with Crippen LogP contribution in [0.3, 0.4) is 0 Å². The Balaban J connectivity index is 1.87. The van der Waals surface area contributed by atoms with Crippen molar-refractivity contribution >= 4 is 22.5 Å². The molecule has 1 heterocycles. The van der Waals surface area contributed by atoms with E-state index in [-0.39, 0.29) is 0 Å². The van der Waals surface area contributed by atoms with Crippen LogP contribution >= 0.6 is 11.8 Å². The van der Waals surface area contributed by atoms with E-state index in [0.29, 0.717) is 6.04 Å². The van der Waals surface area contributed by atoms with E-state index in [4.69, 9.17) is 0 Å². The van der Waals surface area contributed by atoms with Gasteiger partial charge in [0.05, 0.1) is 0 Å². The molecule has 1 aliphatic rings. The summed E-state index contributed by atoms with van der Waals surface area (Å²) in [7, 11) is 2.11. The molecule has 1 saturated heterocycles. The summed E-state index contributed by atoms with van der Waals surface area (Å²) in [5.74, 6) is 3.48. The lowest BCUT2D eigenvalue weighted by Crippen LogP contribution is -2.35. The van der Waals surface area contributed by atoms with E-state index >= 15 is 0 Å². The van der Waals surface area contributed by atoms with Crippen molar-refractivity contribution in [2.45, 2.75) is 18.9 Å². The topological polar surface area (TPSA) is 12.0 Å². The van der Waals surface area contributed by atoms with Crippen molar-refractivity contribution in [3.8, 4) is 0 Å². The lowest BCUT2D eigenvalue weighted by atomic mass is 9.91. The molecule has 3 rings (SSSR count). The van der Waals surface area contributed by atoms with Gasteiger partial charge in [0.2, 0.25) is 0 Å². The molecule has 1 fully saturated rings. The van der Waals surface area contributed by atoms with Crippen molar-refractivity contribution in [3.63, 3.8) is 0 Å². The summed E-state index contributed by atoms with van der Waals surface area (Å²) >= 11 is 2.10. The zero-order valence-electron chi connectivity index (χ0n) is 11.4. The van der Waals surface area contributed by atoms with Crippen LogP contribution < -0.4 is 5.32 Å². The summed E-state index contributed by atoms with van der Waals surface area (Å²) in [6, 6.07) is 16.0. The molecule has 2 heteroatoms. The minimum absolute atomic E-state index is 0.612. The highest BCUT2D eigenvalue weighted by Crippen LogP contribution is 2.29. The summed E-state index contributed by atoms with van der Waals surface area (Å²) < 4.78 is 0. The van der Waals surface area contributed by atoms with Crippen LogP contribution in [-0.2, 0) is 6.42 Å². The van der Waals surface area contributed by atoms with Gasteiger partial charge in [0.15, 0.2) is 0 Å². The molecule has 1 nitrogen and oxygen atoms in total. The fourth-order valence-electron chi connectivity index (χ4n) is 3.08. The normalized spacial score (nSPS) is 20.8. The van der Waals surface area contributed by atoms with Crippen molar-refractivity contribution in [1.82, 2.24) is 5.32 Å². The number of thioether (sulfide) groups is 1. The zero-order valence-corrected chi connectivity index (χ0v) is 12.2. The number of benzene rings is 2. The predicted octanol–water partition coefficient (Wildman–Crippen LogP) is 3.72. The molecule has 1 N–H and O–H groups in total. The summed E-state index contributed by atoms with van der Waals surface area (Å²) in [6.45, 7) is 0.